The monoisotopic (exact) mass is 264 g/mol. The first-order chi connectivity index (χ1) is 9.19. The summed E-state index contributed by atoms with van der Waals surface area (Å²) in [4.78, 5) is 12.7. The van der Waals surface area contributed by atoms with Gasteiger partial charge in [-0.3, -0.25) is 4.90 Å². The van der Waals surface area contributed by atoms with E-state index in [1.165, 1.54) is 5.56 Å². The van der Waals surface area contributed by atoms with Crippen molar-refractivity contribution in [2.24, 2.45) is 5.92 Å². The van der Waals surface area contributed by atoms with Crippen molar-refractivity contribution in [3.8, 4) is 0 Å². The summed E-state index contributed by atoms with van der Waals surface area (Å²) in [5, 5.41) is 20.5. The highest BCUT2D eigenvalue weighted by Crippen LogP contribution is 2.24. The largest absolute Gasteiger partial charge is 0.465 e. The molecule has 0 aromatic heterocycles. The Morgan fingerprint density at radius 2 is 2.11 bits per heavy atom. The summed E-state index contributed by atoms with van der Waals surface area (Å²) in [5.41, 5.74) is 1.22. The smallest absolute Gasteiger partial charge is 0.404 e. The Morgan fingerprint density at radius 1 is 1.37 bits per heavy atom. The van der Waals surface area contributed by atoms with Gasteiger partial charge in [-0.1, -0.05) is 30.3 Å². The van der Waals surface area contributed by atoms with Gasteiger partial charge < -0.3 is 15.5 Å². The van der Waals surface area contributed by atoms with Gasteiger partial charge in [0.1, 0.15) is 0 Å². The molecular formula is C14H20N2O3. The third-order valence-corrected chi connectivity index (χ3v) is 3.60. The van der Waals surface area contributed by atoms with E-state index in [0.717, 1.165) is 19.5 Å². The fourth-order valence-electron chi connectivity index (χ4n) is 2.67. The zero-order chi connectivity index (χ0) is 13.7. The first-order valence-electron chi connectivity index (χ1n) is 6.54. The molecule has 5 nitrogen and oxygen atoms in total. The van der Waals surface area contributed by atoms with Crippen LogP contribution in [0.25, 0.3) is 0 Å². The van der Waals surface area contributed by atoms with Gasteiger partial charge in [-0.2, -0.15) is 0 Å². The number of benzene rings is 1. The number of nitrogens with one attached hydrogen (secondary N) is 1. The van der Waals surface area contributed by atoms with E-state index in [-0.39, 0.29) is 18.6 Å². The van der Waals surface area contributed by atoms with Crippen molar-refractivity contribution < 1.29 is 15.0 Å². The highest BCUT2D eigenvalue weighted by Gasteiger charge is 2.31. The second-order valence-corrected chi connectivity index (χ2v) is 5.04. The SMILES string of the molecule is O=C(O)NCC1C[C@@H](CO)N(Cc2ccccc2)C1. The van der Waals surface area contributed by atoms with Crippen LogP contribution in [0.2, 0.25) is 0 Å². The number of carbonyl (C=O) groups is 1. The second kappa shape index (κ2) is 6.54. The van der Waals surface area contributed by atoms with E-state index in [9.17, 15) is 9.90 Å². The minimum Gasteiger partial charge on any atom is -0.465 e. The predicted molar refractivity (Wildman–Crippen MR) is 71.9 cm³/mol. The van der Waals surface area contributed by atoms with Crippen molar-refractivity contribution in [2.45, 2.75) is 19.0 Å². The Balaban J connectivity index is 1.91. The zero-order valence-electron chi connectivity index (χ0n) is 10.8. The maximum Gasteiger partial charge on any atom is 0.404 e. The molecule has 2 atom stereocenters. The lowest BCUT2D eigenvalue weighted by atomic mass is 10.1. The highest BCUT2D eigenvalue weighted by molar-refractivity contribution is 5.64. The van der Waals surface area contributed by atoms with E-state index in [1.807, 2.05) is 18.2 Å². The number of hydrogen-bond acceptors (Lipinski definition) is 3. The van der Waals surface area contributed by atoms with Crippen LogP contribution in [0, 0.1) is 5.92 Å². The van der Waals surface area contributed by atoms with Crippen LogP contribution in [-0.2, 0) is 6.54 Å². The number of hydrogen-bond donors (Lipinski definition) is 3. The van der Waals surface area contributed by atoms with Crippen LogP contribution in [0.4, 0.5) is 4.79 Å². The molecule has 0 spiro atoms. The standard InChI is InChI=1S/C14H20N2O3/c17-10-13-6-12(7-15-14(18)19)9-16(13)8-11-4-2-1-3-5-11/h1-5,12-13,15,17H,6-10H2,(H,18,19)/t12?,13-/m0/s1. The molecule has 1 aliphatic rings. The molecule has 1 aliphatic heterocycles. The predicted octanol–water partition coefficient (Wildman–Crippen LogP) is 1.14. The molecule has 1 aromatic rings. The molecule has 2 rings (SSSR count). The molecule has 19 heavy (non-hydrogen) atoms. The van der Waals surface area contributed by atoms with Crippen LogP contribution in [0.5, 0.6) is 0 Å². The summed E-state index contributed by atoms with van der Waals surface area (Å²) in [7, 11) is 0. The molecule has 1 fully saturated rings. The number of carboxylic acid groups (broad SMARTS) is 1. The summed E-state index contributed by atoms with van der Waals surface area (Å²) in [5.74, 6) is 0.275. The quantitative estimate of drug-likeness (QED) is 0.745. The number of nitrogens with zero attached hydrogens (tertiary/aromatic N) is 1. The van der Waals surface area contributed by atoms with Gasteiger partial charge in [-0.05, 0) is 17.9 Å². The lowest BCUT2D eigenvalue weighted by molar-refractivity contribution is 0.153. The van der Waals surface area contributed by atoms with E-state index < -0.39 is 6.09 Å². The van der Waals surface area contributed by atoms with E-state index in [4.69, 9.17) is 5.11 Å². The summed E-state index contributed by atoms with van der Waals surface area (Å²) in [6.45, 7) is 2.20. The fraction of sp³-hybridized carbons (Fsp3) is 0.500. The number of amides is 1. The van der Waals surface area contributed by atoms with Crippen molar-refractivity contribution >= 4 is 6.09 Å². The molecule has 0 saturated carbocycles. The molecule has 1 saturated heterocycles. The Labute approximate surface area is 112 Å². The number of rotatable bonds is 5. The van der Waals surface area contributed by atoms with Crippen LogP contribution >= 0.6 is 0 Å². The fourth-order valence-corrected chi connectivity index (χ4v) is 2.67. The van der Waals surface area contributed by atoms with Gasteiger partial charge in [0.25, 0.3) is 0 Å². The number of likely N-dealkylation sites (tertiary alicyclic amines) is 1. The molecule has 0 aliphatic carbocycles. The van der Waals surface area contributed by atoms with Crippen molar-refractivity contribution in [3.05, 3.63) is 35.9 Å². The zero-order valence-corrected chi connectivity index (χ0v) is 10.8. The van der Waals surface area contributed by atoms with E-state index in [0.29, 0.717) is 6.54 Å². The van der Waals surface area contributed by atoms with Gasteiger partial charge in [-0.15, -0.1) is 0 Å². The van der Waals surface area contributed by atoms with Crippen LogP contribution in [0.3, 0.4) is 0 Å². The van der Waals surface area contributed by atoms with Crippen LogP contribution in [0.1, 0.15) is 12.0 Å². The normalized spacial score (nSPS) is 23.4. The third-order valence-electron chi connectivity index (χ3n) is 3.60. The molecule has 1 heterocycles. The van der Waals surface area contributed by atoms with Crippen LogP contribution < -0.4 is 5.32 Å². The topological polar surface area (TPSA) is 72.8 Å². The summed E-state index contributed by atoms with van der Waals surface area (Å²) >= 11 is 0. The Kier molecular flexibility index (Phi) is 4.76. The average molecular weight is 264 g/mol. The van der Waals surface area contributed by atoms with Gasteiger partial charge in [-0.25, -0.2) is 4.79 Å². The van der Waals surface area contributed by atoms with E-state index in [2.05, 4.69) is 22.3 Å². The van der Waals surface area contributed by atoms with Gasteiger partial charge >= 0.3 is 6.09 Å². The Bertz CT molecular complexity index is 410. The summed E-state index contributed by atoms with van der Waals surface area (Å²) in [6.07, 6.45) is -0.147. The summed E-state index contributed by atoms with van der Waals surface area (Å²) in [6, 6.07) is 10.2. The summed E-state index contributed by atoms with van der Waals surface area (Å²) < 4.78 is 0. The number of aliphatic hydroxyl groups is 1. The molecule has 5 heteroatoms. The molecule has 3 N–H and O–H groups in total. The minimum atomic E-state index is -0.984. The minimum absolute atomic E-state index is 0.121. The van der Waals surface area contributed by atoms with Gasteiger partial charge in [0, 0.05) is 25.7 Å². The van der Waals surface area contributed by atoms with Gasteiger partial charge in [0.2, 0.25) is 0 Å². The molecule has 0 radical (unpaired) electrons. The lowest BCUT2D eigenvalue weighted by Gasteiger charge is -2.22. The molecule has 104 valence electrons. The highest BCUT2D eigenvalue weighted by atomic mass is 16.4. The van der Waals surface area contributed by atoms with Crippen molar-refractivity contribution in [2.75, 3.05) is 19.7 Å². The van der Waals surface area contributed by atoms with E-state index >= 15 is 0 Å². The van der Waals surface area contributed by atoms with Gasteiger partial charge in [0.15, 0.2) is 0 Å². The molecule has 1 amide bonds. The molecular weight excluding hydrogens is 244 g/mol. The number of aliphatic hydroxyl groups excluding tert-OH is 1. The van der Waals surface area contributed by atoms with Gasteiger partial charge in [0.05, 0.1) is 6.61 Å². The Morgan fingerprint density at radius 3 is 2.74 bits per heavy atom. The molecule has 0 bridgehead atoms. The van der Waals surface area contributed by atoms with Crippen molar-refractivity contribution in [1.29, 1.82) is 0 Å². The first-order valence-corrected chi connectivity index (χ1v) is 6.54. The molecule has 1 aromatic carbocycles. The van der Waals surface area contributed by atoms with Crippen LogP contribution in [-0.4, -0.2) is 46.9 Å². The van der Waals surface area contributed by atoms with Crippen LogP contribution in [0.15, 0.2) is 30.3 Å². The second-order valence-electron chi connectivity index (χ2n) is 5.04. The first kappa shape index (κ1) is 13.8. The average Bonchev–Trinajstić information content (AvgIpc) is 2.80. The maximum absolute atomic E-state index is 10.5. The van der Waals surface area contributed by atoms with Crippen molar-refractivity contribution in [3.63, 3.8) is 0 Å². The maximum atomic E-state index is 10.5. The van der Waals surface area contributed by atoms with Crippen molar-refractivity contribution in [1.82, 2.24) is 10.2 Å². The lowest BCUT2D eigenvalue weighted by Crippen LogP contribution is -2.32. The molecule has 1 unspecified atom stereocenters. The third kappa shape index (κ3) is 3.94. The van der Waals surface area contributed by atoms with E-state index in [1.54, 1.807) is 0 Å². The Hall–Kier alpha value is -1.59.